The monoisotopic (exact) mass is 579 g/mol. The molecule has 1 fully saturated rings. The molecule has 0 radical (unpaired) electrons. The third-order valence-corrected chi connectivity index (χ3v) is 8.10. The maximum absolute atomic E-state index is 14.1. The van der Waals surface area contributed by atoms with Gasteiger partial charge in [0.25, 0.3) is 6.43 Å². The van der Waals surface area contributed by atoms with Gasteiger partial charge in [-0.05, 0) is 43.9 Å². The highest BCUT2D eigenvalue weighted by Gasteiger charge is 2.29. The standard InChI is InChI=1S/C25H28ClF2N7O3S/c1-14-16(13-33(2)32-14)15-8-9-17(19(11-15)34(3)39(4,36)37)29-18-12-20(26)30-24-22(18)31-25(23(27)28)35(24)21-7-5-6-10-38-21/h8-9,11-13,21,23H,5-7,10H2,1-4H3,(H,29,30). The number of aryl methyl sites for hydroxylation is 2. The number of aromatic nitrogens is 5. The summed E-state index contributed by atoms with van der Waals surface area (Å²) < 4.78 is 63.3. The number of ether oxygens (including phenoxy) is 1. The lowest BCUT2D eigenvalue weighted by molar-refractivity contribution is -0.0363. The number of hydrogen-bond acceptors (Lipinski definition) is 7. The van der Waals surface area contributed by atoms with Gasteiger partial charge in [0.1, 0.15) is 16.9 Å². The number of fused-ring (bicyclic) bond motifs is 1. The minimum absolute atomic E-state index is 0.0587. The predicted octanol–water partition coefficient (Wildman–Crippen LogP) is 5.57. The van der Waals surface area contributed by atoms with Crippen LogP contribution in [-0.2, 0) is 21.8 Å². The fourth-order valence-corrected chi connectivity index (χ4v) is 5.48. The van der Waals surface area contributed by atoms with E-state index >= 15 is 0 Å². The van der Waals surface area contributed by atoms with Crippen LogP contribution in [0, 0.1) is 6.92 Å². The summed E-state index contributed by atoms with van der Waals surface area (Å²) in [5.74, 6) is -0.467. The van der Waals surface area contributed by atoms with Gasteiger partial charge < -0.3 is 10.1 Å². The van der Waals surface area contributed by atoms with Crippen LogP contribution < -0.4 is 9.62 Å². The van der Waals surface area contributed by atoms with Crippen molar-refractivity contribution in [1.29, 1.82) is 0 Å². The van der Waals surface area contributed by atoms with Gasteiger partial charge in [-0.1, -0.05) is 17.7 Å². The van der Waals surface area contributed by atoms with Crippen LogP contribution in [0.3, 0.4) is 0 Å². The number of anilines is 3. The van der Waals surface area contributed by atoms with E-state index in [1.54, 1.807) is 23.9 Å². The second-order valence-electron chi connectivity index (χ2n) is 9.52. The highest BCUT2D eigenvalue weighted by molar-refractivity contribution is 7.92. The van der Waals surface area contributed by atoms with Gasteiger partial charge in [-0.25, -0.2) is 27.2 Å². The van der Waals surface area contributed by atoms with Crippen LogP contribution in [0.2, 0.25) is 5.15 Å². The van der Waals surface area contributed by atoms with Crippen LogP contribution in [0.25, 0.3) is 22.3 Å². The predicted molar refractivity (Wildman–Crippen MR) is 146 cm³/mol. The van der Waals surface area contributed by atoms with E-state index in [1.165, 1.54) is 17.7 Å². The molecule has 208 valence electrons. The van der Waals surface area contributed by atoms with Crippen molar-refractivity contribution >= 4 is 49.9 Å². The van der Waals surface area contributed by atoms with E-state index in [-0.39, 0.29) is 16.3 Å². The minimum Gasteiger partial charge on any atom is -0.358 e. The number of imidazole rings is 1. The first-order valence-electron chi connectivity index (χ1n) is 12.3. The second kappa shape index (κ2) is 10.4. The van der Waals surface area contributed by atoms with Gasteiger partial charge in [0, 0.05) is 38.5 Å². The molecule has 14 heteroatoms. The van der Waals surface area contributed by atoms with Gasteiger partial charge in [0.05, 0.1) is 29.0 Å². The van der Waals surface area contributed by atoms with Crippen LogP contribution in [0.4, 0.5) is 25.8 Å². The van der Waals surface area contributed by atoms with Gasteiger partial charge in [0.15, 0.2) is 11.5 Å². The van der Waals surface area contributed by atoms with Gasteiger partial charge in [0.2, 0.25) is 10.0 Å². The molecule has 1 aliphatic heterocycles. The van der Waals surface area contributed by atoms with Crippen LogP contribution >= 0.6 is 11.6 Å². The summed E-state index contributed by atoms with van der Waals surface area (Å²) in [7, 11) is -0.410. The summed E-state index contributed by atoms with van der Waals surface area (Å²) in [5, 5.41) is 7.61. The lowest BCUT2D eigenvalue weighted by Gasteiger charge is -2.25. The zero-order valence-electron chi connectivity index (χ0n) is 21.8. The number of benzene rings is 1. The maximum Gasteiger partial charge on any atom is 0.295 e. The highest BCUT2D eigenvalue weighted by atomic mass is 35.5. The Kier molecular flexibility index (Phi) is 7.25. The van der Waals surface area contributed by atoms with E-state index in [4.69, 9.17) is 16.3 Å². The van der Waals surface area contributed by atoms with Gasteiger partial charge in [-0.2, -0.15) is 5.10 Å². The molecule has 10 nitrogen and oxygen atoms in total. The molecular weight excluding hydrogens is 552 g/mol. The molecule has 1 N–H and O–H groups in total. The lowest BCUT2D eigenvalue weighted by Crippen LogP contribution is -2.25. The molecule has 0 bridgehead atoms. The number of sulfonamides is 1. The Morgan fingerprint density at radius 3 is 2.59 bits per heavy atom. The number of alkyl halides is 2. The number of pyridine rings is 1. The van der Waals surface area contributed by atoms with Crippen molar-refractivity contribution < 1.29 is 21.9 Å². The Hall–Kier alpha value is -3.29. The van der Waals surface area contributed by atoms with Crippen molar-refractivity contribution in [3.8, 4) is 11.1 Å². The lowest BCUT2D eigenvalue weighted by atomic mass is 10.1. The third kappa shape index (κ3) is 5.30. The maximum atomic E-state index is 14.1. The molecule has 4 aromatic rings. The van der Waals surface area contributed by atoms with Crippen LogP contribution in [-0.4, -0.2) is 52.6 Å². The fourth-order valence-electron chi connectivity index (χ4n) is 4.78. The molecule has 0 saturated carbocycles. The van der Waals surface area contributed by atoms with E-state index in [0.717, 1.165) is 40.2 Å². The normalized spacial score (nSPS) is 16.3. The summed E-state index contributed by atoms with van der Waals surface area (Å²) >= 11 is 6.35. The first-order valence-corrected chi connectivity index (χ1v) is 14.5. The minimum atomic E-state index is -3.65. The second-order valence-corrected chi connectivity index (χ2v) is 11.9. The zero-order valence-corrected chi connectivity index (χ0v) is 23.4. The number of rotatable bonds is 7. The average Bonchev–Trinajstić information content (AvgIpc) is 3.43. The number of nitrogens with one attached hydrogen (secondary N) is 1. The van der Waals surface area contributed by atoms with Crippen molar-refractivity contribution in [2.45, 2.75) is 38.8 Å². The zero-order chi connectivity index (χ0) is 28.1. The van der Waals surface area contributed by atoms with E-state index in [0.29, 0.717) is 30.1 Å². The average molecular weight is 580 g/mol. The summed E-state index contributed by atoms with van der Waals surface area (Å²) in [6.07, 6.45) is 1.65. The van der Waals surface area contributed by atoms with Crippen LogP contribution in [0.1, 0.15) is 43.4 Å². The fraction of sp³-hybridized carbons (Fsp3) is 0.400. The summed E-state index contributed by atoms with van der Waals surface area (Å²) in [6, 6.07) is 6.74. The van der Waals surface area contributed by atoms with Gasteiger partial charge in [-0.15, -0.1) is 0 Å². The summed E-state index contributed by atoms with van der Waals surface area (Å²) in [5.41, 5.74) is 3.75. The highest BCUT2D eigenvalue weighted by Crippen LogP contribution is 2.39. The molecule has 0 amide bonds. The van der Waals surface area contributed by atoms with Crippen LogP contribution in [0.15, 0.2) is 30.5 Å². The molecule has 5 rings (SSSR count). The van der Waals surface area contributed by atoms with E-state index in [9.17, 15) is 17.2 Å². The molecule has 3 aromatic heterocycles. The Morgan fingerprint density at radius 1 is 1.21 bits per heavy atom. The van der Waals surface area contributed by atoms with E-state index < -0.39 is 28.5 Å². The Morgan fingerprint density at radius 2 is 1.97 bits per heavy atom. The van der Waals surface area contributed by atoms with Gasteiger partial charge in [-0.3, -0.25) is 13.6 Å². The Balaban J connectivity index is 1.65. The van der Waals surface area contributed by atoms with E-state index in [1.807, 2.05) is 19.2 Å². The van der Waals surface area contributed by atoms with E-state index in [2.05, 4.69) is 20.4 Å². The molecule has 0 spiro atoms. The molecule has 1 aliphatic rings. The molecule has 1 atom stereocenters. The number of hydrogen-bond donors (Lipinski definition) is 1. The molecule has 1 saturated heterocycles. The smallest absolute Gasteiger partial charge is 0.295 e. The molecule has 0 aliphatic carbocycles. The molecule has 1 unspecified atom stereocenters. The quantitative estimate of drug-likeness (QED) is 0.285. The Labute approximate surface area is 229 Å². The third-order valence-electron chi connectivity index (χ3n) is 6.71. The first kappa shape index (κ1) is 27.3. The van der Waals surface area contributed by atoms with Crippen molar-refractivity contribution in [1.82, 2.24) is 24.3 Å². The van der Waals surface area contributed by atoms with Crippen molar-refractivity contribution in [2.24, 2.45) is 7.05 Å². The first-order chi connectivity index (χ1) is 18.4. The SMILES string of the molecule is Cc1nn(C)cc1-c1ccc(Nc2cc(Cl)nc3c2nc(C(F)F)n3C2CCCCO2)c(N(C)S(C)(=O)=O)c1. The van der Waals surface area contributed by atoms with Crippen LogP contribution in [0.5, 0.6) is 0 Å². The largest absolute Gasteiger partial charge is 0.358 e. The molecule has 4 heterocycles. The van der Waals surface area contributed by atoms with Crippen molar-refractivity contribution in [3.05, 3.63) is 47.1 Å². The molecule has 39 heavy (non-hydrogen) atoms. The molecular formula is C25H28ClF2N7O3S. The van der Waals surface area contributed by atoms with Crippen molar-refractivity contribution in [2.75, 3.05) is 29.5 Å². The summed E-state index contributed by atoms with van der Waals surface area (Å²) in [6.45, 7) is 2.31. The van der Waals surface area contributed by atoms with Gasteiger partial charge >= 0.3 is 0 Å². The Bertz CT molecular complexity index is 1650. The topological polar surface area (TPSA) is 107 Å². The number of nitrogens with zero attached hydrogens (tertiary/aromatic N) is 6. The summed E-state index contributed by atoms with van der Waals surface area (Å²) in [4.78, 5) is 8.55. The molecule has 1 aromatic carbocycles. The number of halogens is 3. The van der Waals surface area contributed by atoms with Crippen molar-refractivity contribution in [3.63, 3.8) is 0 Å².